The van der Waals surface area contributed by atoms with Crippen LogP contribution in [0.15, 0.2) is 63.6 Å². The molecular formula is C20H17N3O4S. The third kappa shape index (κ3) is 3.54. The molecule has 0 aliphatic rings. The van der Waals surface area contributed by atoms with Crippen molar-refractivity contribution in [3.63, 3.8) is 0 Å². The lowest BCUT2D eigenvalue weighted by atomic mass is 10.1. The Hall–Kier alpha value is -3.39. The van der Waals surface area contributed by atoms with Crippen molar-refractivity contribution < 1.29 is 13.9 Å². The van der Waals surface area contributed by atoms with Crippen molar-refractivity contribution in [3.05, 3.63) is 70.5 Å². The zero-order valence-corrected chi connectivity index (χ0v) is 15.9. The molecule has 4 aromatic rings. The Kier molecular flexibility index (Phi) is 4.94. The number of furan rings is 1. The van der Waals surface area contributed by atoms with Gasteiger partial charge in [0.2, 0.25) is 5.91 Å². The smallest absolute Gasteiger partial charge is 0.271 e. The van der Waals surface area contributed by atoms with Gasteiger partial charge >= 0.3 is 0 Å². The molecular weight excluding hydrogens is 378 g/mol. The summed E-state index contributed by atoms with van der Waals surface area (Å²) < 4.78 is 12.2. The zero-order chi connectivity index (χ0) is 19.5. The third-order valence-corrected chi connectivity index (χ3v) is 5.26. The fourth-order valence-corrected chi connectivity index (χ4v) is 3.82. The van der Waals surface area contributed by atoms with Crippen LogP contribution in [0.1, 0.15) is 5.76 Å². The third-order valence-electron chi connectivity index (χ3n) is 4.30. The predicted molar refractivity (Wildman–Crippen MR) is 106 cm³/mol. The van der Waals surface area contributed by atoms with Crippen molar-refractivity contribution in [1.82, 2.24) is 14.9 Å². The molecule has 1 N–H and O–H groups in total. The van der Waals surface area contributed by atoms with Crippen LogP contribution >= 0.6 is 11.3 Å². The Morgan fingerprint density at radius 2 is 2.11 bits per heavy atom. The van der Waals surface area contributed by atoms with Gasteiger partial charge in [-0.1, -0.05) is 12.1 Å². The van der Waals surface area contributed by atoms with Crippen molar-refractivity contribution in [1.29, 1.82) is 0 Å². The summed E-state index contributed by atoms with van der Waals surface area (Å²) in [6, 6.07) is 11.1. The minimum atomic E-state index is -0.286. The molecule has 7 nitrogen and oxygen atoms in total. The lowest BCUT2D eigenvalue weighted by Crippen LogP contribution is -2.31. The van der Waals surface area contributed by atoms with Gasteiger partial charge in [0.15, 0.2) is 0 Å². The van der Waals surface area contributed by atoms with Crippen molar-refractivity contribution in [2.24, 2.45) is 0 Å². The van der Waals surface area contributed by atoms with E-state index in [2.05, 4.69) is 10.3 Å². The molecule has 0 spiro atoms. The molecule has 0 saturated carbocycles. The number of methoxy groups -OCH3 is 1. The van der Waals surface area contributed by atoms with Gasteiger partial charge in [0.05, 0.1) is 31.8 Å². The first-order valence-electron chi connectivity index (χ1n) is 8.56. The number of benzene rings is 1. The summed E-state index contributed by atoms with van der Waals surface area (Å²) in [4.78, 5) is 29.3. The topological polar surface area (TPSA) is 86.4 Å². The van der Waals surface area contributed by atoms with Gasteiger partial charge in [0.1, 0.15) is 22.8 Å². The van der Waals surface area contributed by atoms with Crippen LogP contribution in [0.5, 0.6) is 5.75 Å². The molecule has 0 atom stereocenters. The normalized spacial score (nSPS) is 10.9. The molecule has 4 rings (SSSR count). The van der Waals surface area contributed by atoms with Crippen molar-refractivity contribution >= 4 is 27.5 Å². The van der Waals surface area contributed by atoms with Gasteiger partial charge in [0, 0.05) is 10.9 Å². The Bertz CT molecular complexity index is 1160. The van der Waals surface area contributed by atoms with Crippen LogP contribution in [-0.4, -0.2) is 22.6 Å². The standard InChI is InChI=1S/C20H17N3O4S/c1-26-14-6-4-13(5-7-14)16-11-28-19-18(16)22-12-23(20(19)25)10-17(24)21-9-15-3-2-8-27-15/h2-8,11-12H,9-10H2,1H3,(H,21,24). The summed E-state index contributed by atoms with van der Waals surface area (Å²) in [5.41, 5.74) is 2.23. The number of aromatic nitrogens is 2. The molecule has 0 fully saturated rings. The number of nitrogens with zero attached hydrogens (tertiary/aromatic N) is 2. The molecule has 28 heavy (non-hydrogen) atoms. The summed E-state index contributed by atoms with van der Waals surface area (Å²) in [5, 5.41) is 4.63. The number of ether oxygens (including phenoxy) is 1. The van der Waals surface area contributed by atoms with Crippen LogP contribution < -0.4 is 15.6 Å². The van der Waals surface area contributed by atoms with Gasteiger partial charge in [-0.15, -0.1) is 11.3 Å². The van der Waals surface area contributed by atoms with E-state index in [9.17, 15) is 9.59 Å². The molecule has 3 aromatic heterocycles. The average Bonchev–Trinajstić information content (AvgIpc) is 3.39. The molecule has 1 aromatic carbocycles. The van der Waals surface area contributed by atoms with E-state index < -0.39 is 0 Å². The van der Waals surface area contributed by atoms with E-state index in [0.29, 0.717) is 16.0 Å². The van der Waals surface area contributed by atoms with Crippen LogP contribution in [-0.2, 0) is 17.9 Å². The second-order valence-corrected chi connectivity index (χ2v) is 6.97. The van der Waals surface area contributed by atoms with Gasteiger partial charge in [-0.3, -0.25) is 14.2 Å². The fraction of sp³-hybridized carbons (Fsp3) is 0.150. The minimum Gasteiger partial charge on any atom is -0.497 e. The van der Waals surface area contributed by atoms with Crippen LogP contribution in [0.3, 0.4) is 0 Å². The van der Waals surface area contributed by atoms with Crippen LogP contribution in [0.4, 0.5) is 0 Å². The maximum atomic E-state index is 12.8. The number of hydrogen-bond donors (Lipinski definition) is 1. The minimum absolute atomic E-state index is 0.0990. The number of rotatable bonds is 6. The maximum Gasteiger partial charge on any atom is 0.271 e. The lowest BCUT2D eigenvalue weighted by Gasteiger charge is -2.06. The predicted octanol–water partition coefficient (Wildman–Crippen LogP) is 3.04. The van der Waals surface area contributed by atoms with E-state index in [1.165, 1.54) is 22.2 Å². The van der Waals surface area contributed by atoms with E-state index in [-0.39, 0.29) is 24.6 Å². The Labute approximate surface area is 164 Å². The number of hydrogen-bond acceptors (Lipinski definition) is 6. The van der Waals surface area contributed by atoms with Crippen LogP contribution in [0.2, 0.25) is 0 Å². The number of amides is 1. The van der Waals surface area contributed by atoms with Gasteiger partial charge in [-0.25, -0.2) is 4.98 Å². The first kappa shape index (κ1) is 18.0. The molecule has 3 heterocycles. The Balaban J connectivity index is 1.55. The van der Waals surface area contributed by atoms with E-state index >= 15 is 0 Å². The number of thiophene rings is 1. The summed E-state index contributed by atoms with van der Waals surface area (Å²) >= 11 is 1.32. The molecule has 0 unspecified atom stereocenters. The van der Waals surface area contributed by atoms with Gasteiger partial charge in [-0.05, 0) is 29.8 Å². The average molecular weight is 395 g/mol. The molecule has 0 radical (unpaired) electrons. The van der Waals surface area contributed by atoms with E-state index in [1.54, 1.807) is 25.5 Å². The molecule has 0 saturated heterocycles. The summed E-state index contributed by atoms with van der Waals surface area (Å²) in [6.45, 7) is 0.176. The van der Waals surface area contributed by atoms with Crippen molar-refractivity contribution in [3.8, 4) is 16.9 Å². The SMILES string of the molecule is COc1ccc(-c2csc3c(=O)n(CC(=O)NCc4ccco4)cnc23)cc1. The van der Waals surface area contributed by atoms with Gasteiger partial charge < -0.3 is 14.5 Å². The molecule has 8 heteroatoms. The lowest BCUT2D eigenvalue weighted by molar-refractivity contribution is -0.122. The molecule has 142 valence electrons. The molecule has 0 aliphatic carbocycles. The number of fused-ring (bicyclic) bond motifs is 1. The van der Waals surface area contributed by atoms with Gasteiger partial charge in [-0.2, -0.15) is 0 Å². The number of carbonyl (C=O) groups is 1. The van der Waals surface area contributed by atoms with Crippen molar-refractivity contribution in [2.75, 3.05) is 7.11 Å². The fourth-order valence-electron chi connectivity index (χ4n) is 2.84. The first-order chi connectivity index (χ1) is 13.7. The highest BCUT2D eigenvalue weighted by atomic mass is 32.1. The van der Waals surface area contributed by atoms with Crippen LogP contribution in [0.25, 0.3) is 21.3 Å². The van der Waals surface area contributed by atoms with Crippen LogP contribution in [0, 0.1) is 0 Å². The highest BCUT2D eigenvalue weighted by Crippen LogP contribution is 2.31. The molecule has 0 bridgehead atoms. The highest BCUT2D eigenvalue weighted by molar-refractivity contribution is 7.17. The largest absolute Gasteiger partial charge is 0.497 e. The van der Waals surface area contributed by atoms with E-state index in [0.717, 1.165) is 16.9 Å². The first-order valence-corrected chi connectivity index (χ1v) is 9.44. The second-order valence-electron chi connectivity index (χ2n) is 6.09. The monoisotopic (exact) mass is 395 g/mol. The quantitative estimate of drug-likeness (QED) is 0.542. The maximum absolute atomic E-state index is 12.8. The summed E-state index contributed by atoms with van der Waals surface area (Å²) in [7, 11) is 1.61. The molecule has 1 amide bonds. The van der Waals surface area contributed by atoms with E-state index in [1.807, 2.05) is 29.6 Å². The Morgan fingerprint density at radius 3 is 2.82 bits per heavy atom. The van der Waals surface area contributed by atoms with E-state index in [4.69, 9.17) is 9.15 Å². The summed E-state index contributed by atoms with van der Waals surface area (Å²) in [6.07, 6.45) is 2.96. The van der Waals surface area contributed by atoms with Gasteiger partial charge in [0.25, 0.3) is 5.56 Å². The number of nitrogens with one attached hydrogen (secondary N) is 1. The van der Waals surface area contributed by atoms with Crippen molar-refractivity contribution in [2.45, 2.75) is 13.1 Å². The highest BCUT2D eigenvalue weighted by Gasteiger charge is 2.14. The molecule has 0 aliphatic heterocycles. The second kappa shape index (κ2) is 7.69. The Morgan fingerprint density at radius 1 is 1.29 bits per heavy atom. The zero-order valence-electron chi connectivity index (χ0n) is 15.0. The number of carbonyl (C=O) groups excluding carboxylic acids is 1. The summed E-state index contributed by atoms with van der Waals surface area (Å²) in [5.74, 6) is 1.13.